The van der Waals surface area contributed by atoms with Crippen LogP contribution in [0, 0.1) is 5.82 Å². The number of nitrogens with one attached hydrogen (secondary N) is 1. The molecule has 1 heterocycles. The predicted molar refractivity (Wildman–Crippen MR) is 77.1 cm³/mol. The van der Waals surface area contributed by atoms with Gasteiger partial charge in [-0.1, -0.05) is 0 Å². The number of aromatic nitrogens is 3. The second-order valence-electron chi connectivity index (χ2n) is 4.26. The van der Waals surface area contributed by atoms with Crippen molar-refractivity contribution < 1.29 is 23.4 Å². The highest BCUT2D eigenvalue weighted by Gasteiger charge is 2.12. The average Bonchev–Trinajstić information content (AvgIpc) is 2.59. The maximum Gasteiger partial charge on any atom is 0.322 e. The summed E-state index contributed by atoms with van der Waals surface area (Å²) in [4.78, 5) is 23.8. The van der Waals surface area contributed by atoms with Gasteiger partial charge in [0.05, 0.1) is 27.9 Å². The topological polar surface area (TPSA) is 95.5 Å². The molecule has 1 amide bonds. The lowest BCUT2D eigenvalue weighted by Crippen LogP contribution is -2.24. The van der Waals surface area contributed by atoms with Crippen LogP contribution in [0.15, 0.2) is 18.2 Å². The molecule has 0 spiro atoms. The zero-order chi connectivity index (χ0) is 16.8. The highest BCUT2D eigenvalue weighted by atomic mass is 19.1. The molecule has 122 valence electrons. The van der Waals surface area contributed by atoms with Crippen LogP contribution >= 0.6 is 0 Å². The van der Waals surface area contributed by atoms with Crippen molar-refractivity contribution in [3.05, 3.63) is 35.4 Å². The minimum atomic E-state index is -0.622. The summed E-state index contributed by atoms with van der Waals surface area (Å²) in [6, 6.07) is 4.04. The first-order valence-corrected chi connectivity index (χ1v) is 6.52. The van der Waals surface area contributed by atoms with Crippen LogP contribution in [0.3, 0.4) is 0 Å². The third-order valence-corrected chi connectivity index (χ3v) is 2.83. The predicted octanol–water partition coefficient (Wildman–Crippen LogP) is 0.966. The largest absolute Gasteiger partial charge is 0.494 e. The van der Waals surface area contributed by atoms with Crippen molar-refractivity contribution in [1.82, 2.24) is 20.3 Å². The minimum Gasteiger partial charge on any atom is -0.494 e. The Morgan fingerprint density at radius 3 is 2.26 bits per heavy atom. The van der Waals surface area contributed by atoms with E-state index in [1.54, 1.807) is 0 Å². The molecule has 0 saturated carbocycles. The fraction of sp³-hybridized carbons (Fsp3) is 0.286. The van der Waals surface area contributed by atoms with Gasteiger partial charge in [0.1, 0.15) is 0 Å². The highest BCUT2D eigenvalue weighted by molar-refractivity contribution is 5.94. The van der Waals surface area contributed by atoms with Crippen molar-refractivity contribution in [1.29, 1.82) is 0 Å². The van der Waals surface area contributed by atoms with Crippen LogP contribution in [0.4, 0.5) is 4.39 Å². The molecule has 0 saturated heterocycles. The van der Waals surface area contributed by atoms with Crippen molar-refractivity contribution in [2.75, 3.05) is 21.3 Å². The summed E-state index contributed by atoms with van der Waals surface area (Å²) in [5, 5.41) is 2.57. The number of methoxy groups -OCH3 is 3. The van der Waals surface area contributed by atoms with Crippen LogP contribution in [0.5, 0.6) is 17.8 Å². The molecule has 1 aromatic heterocycles. The highest BCUT2D eigenvalue weighted by Crippen LogP contribution is 2.17. The molecule has 23 heavy (non-hydrogen) atoms. The van der Waals surface area contributed by atoms with E-state index >= 15 is 0 Å². The Bertz CT molecular complexity index is 689. The van der Waals surface area contributed by atoms with E-state index in [1.165, 1.54) is 33.5 Å². The summed E-state index contributed by atoms with van der Waals surface area (Å²) in [6.45, 7) is 0.00171. The number of amides is 1. The number of carbonyl (C=O) groups excluding carboxylic acids is 1. The van der Waals surface area contributed by atoms with Crippen molar-refractivity contribution in [2.45, 2.75) is 6.54 Å². The van der Waals surface area contributed by atoms with E-state index in [-0.39, 0.29) is 35.7 Å². The molecule has 0 unspecified atom stereocenters. The molecule has 2 aromatic rings. The lowest BCUT2D eigenvalue weighted by Gasteiger charge is -2.08. The van der Waals surface area contributed by atoms with Gasteiger partial charge in [0.25, 0.3) is 5.91 Å². The van der Waals surface area contributed by atoms with Gasteiger partial charge in [-0.3, -0.25) is 4.79 Å². The molecule has 0 atom stereocenters. The van der Waals surface area contributed by atoms with E-state index in [4.69, 9.17) is 14.2 Å². The van der Waals surface area contributed by atoms with Crippen LogP contribution in [-0.2, 0) is 6.54 Å². The fourth-order valence-electron chi connectivity index (χ4n) is 1.71. The fourth-order valence-corrected chi connectivity index (χ4v) is 1.71. The van der Waals surface area contributed by atoms with Crippen molar-refractivity contribution in [2.24, 2.45) is 0 Å². The van der Waals surface area contributed by atoms with Crippen LogP contribution in [0.25, 0.3) is 0 Å². The van der Waals surface area contributed by atoms with Gasteiger partial charge in [-0.25, -0.2) is 4.39 Å². The van der Waals surface area contributed by atoms with Gasteiger partial charge < -0.3 is 19.5 Å². The number of nitrogens with zero attached hydrogens (tertiary/aromatic N) is 3. The zero-order valence-corrected chi connectivity index (χ0v) is 12.8. The van der Waals surface area contributed by atoms with Gasteiger partial charge in [0, 0.05) is 5.56 Å². The Morgan fingerprint density at radius 2 is 1.74 bits per heavy atom. The number of ether oxygens (including phenoxy) is 3. The maximum absolute atomic E-state index is 13.6. The summed E-state index contributed by atoms with van der Waals surface area (Å²) in [7, 11) is 4.15. The monoisotopic (exact) mass is 322 g/mol. The summed E-state index contributed by atoms with van der Waals surface area (Å²) in [5.74, 6) is -0.793. The van der Waals surface area contributed by atoms with Gasteiger partial charge in [0.15, 0.2) is 17.4 Å². The van der Waals surface area contributed by atoms with Crippen LogP contribution in [0.2, 0.25) is 0 Å². The average molecular weight is 322 g/mol. The molecule has 0 radical (unpaired) electrons. The van der Waals surface area contributed by atoms with Gasteiger partial charge in [-0.15, -0.1) is 4.98 Å². The van der Waals surface area contributed by atoms with Crippen molar-refractivity contribution >= 4 is 5.91 Å². The Labute approximate surface area is 131 Å². The zero-order valence-electron chi connectivity index (χ0n) is 12.8. The first-order chi connectivity index (χ1) is 11.1. The van der Waals surface area contributed by atoms with E-state index in [1.807, 2.05) is 0 Å². The summed E-state index contributed by atoms with van der Waals surface area (Å²) in [5.41, 5.74) is 0.149. The number of hydrogen-bond acceptors (Lipinski definition) is 7. The number of carbonyl (C=O) groups is 1. The van der Waals surface area contributed by atoms with Crippen LogP contribution < -0.4 is 19.5 Å². The molecule has 0 aliphatic rings. The minimum absolute atomic E-state index is 0.00171. The van der Waals surface area contributed by atoms with Gasteiger partial charge in [-0.2, -0.15) is 9.97 Å². The molecule has 1 aromatic carbocycles. The third-order valence-electron chi connectivity index (χ3n) is 2.83. The number of rotatable bonds is 6. The molecule has 0 bridgehead atoms. The quantitative estimate of drug-likeness (QED) is 0.846. The Morgan fingerprint density at radius 1 is 1.09 bits per heavy atom. The Kier molecular flexibility index (Phi) is 5.23. The van der Waals surface area contributed by atoms with Gasteiger partial charge >= 0.3 is 12.0 Å². The Balaban J connectivity index is 2.08. The van der Waals surface area contributed by atoms with Crippen LogP contribution in [-0.4, -0.2) is 42.2 Å². The first-order valence-electron chi connectivity index (χ1n) is 6.52. The molecule has 0 aliphatic carbocycles. The van der Waals surface area contributed by atoms with E-state index in [2.05, 4.69) is 20.3 Å². The van der Waals surface area contributed by atoms with E-state index in [0.29, 0.717) is 0 Å². The summed E-state index contributed by atoms with van der Waals surface area (Å²) in [6.07, 6.45) is 0. The second kappa shape index (κ2) is 7.34. The standard InChI is InChI=1S/C14H15FN4O4/c1-21-10-5-4-8(6-9(10)15)12(20)16-7-11-17-13(22-2)19-14(18-11)23-3/h4-6H,7H2,1-3H3,(H,16,20). The maximum atomic E-state index is 13.6. The lowest BCUT2D eigenvalue weighted by molar-refractivity contribution is 0.0949. The third kappa shape index (κ3) is 4.02. The number of hydrogen-bond donors (Lipinski definition) is 1. The molecular weight excluding hydrogens is 307 g/mol. The van der Waals surface area contributed by atoms with Gasteiger partial charge in [-0.05, 0) is 18.2 Å². The van der Waals surface area contributed by atoms with E-state index < -0.39 is 11.7 Å². The lowest BCUT2D eigenvalue weighted by atomic mass is 10.2. The Hall–Kier alpha value is -2.97. The SMILES string of the molecule is COc1nc(CNC(=O)c2ccc(OC)c(F)c2)nc(OC)n1. The summed E-state index contributed by atoms with van der Waals surface area (Å²) < 4.78 is 28.2. The molecule has 1 N–H and O–H groups in total. The van der Waals surface area contributed by atoms with E-state index in [9.17, 15) is 9.18 Å². The number of halogens is 1. The van der Waals surface area contributed by atoms with Crippen molar-refractivity contribution in [3.8, 4) is 17.8 Å². The van der Waals surface area contributed by atoms with Gasteiger partial charge in [0.2, 0.25) is 0 Å². The molecule has 9 heteroatoms. The molecule has 0 aliphatic heterocycles. The number of benzene rings is 1. The molecule has 8 nitrogen and oxygen atoms in total. The normalized spacial score (nSPS) is 10.1. The smallest absolute Gasteiger partial charge is 0.322 e. The molecular formula is C14H15FN4O4. The molecule has 2 rings (SSSR count). The van der Waals surface area contributed by atoms with Crippen molar-refractivity contribution in [3.63, 3.8) is 0 Å². The second-order valence-corrected chi connectivity index (χ2v) is 4.26. The molecule has 0 fully saturated rings. The van der Waals surface area contributed by atoms with E-state index in [0.717, 1.165) is 6.07 Å². The van der Waals surface area contributed by atoms with Crippen LogP contribution in [0.1, 0.15) is 16.2 Å². The first kappa shape index (κ1) is 16.4. The summed E-state index contributed by atoms with van der Waals surface area (Å²) >= 11 is 0.